The molecule has 1 saturated carbocycles. The SMILES string of the molecule is CCNC(=NCc1ccc(N2CCCC2=O)cc1)NCC1(N2CCOCC2)CCCCC1.I. The van der Waals surface area contributed by atoms with Gasteiger partial charge in [0.25, 0.3) is 0 Å². The number of morpholine rings is 1. The van der Waals surface area contributed by atoms with Gasteiger partial charge in [-0.15, -0.1) is 24.0 Å². The van der Waals surface area contributed by atoms with Crippen LogP contribution in [0.4, 0.5) is 5.69 Å². The summed E-state index contributed by atoms with van der Waals surface area (Å²) < 4.78 is 5.61. The van der Waals surface area contributed by atoms with Gasteiger partial charge in [0.05, 0.1) is 19.8 Å². The molecule has 1 aromatic rings. The number of carbonyl (C=O) groups excluding carboxylic acids is 1. The molecule has 1 amide bonds. The molecule has 3 aliphatic rings. The van der Waals surface area contributed by atoms with E-state index in [0.29, 0.717) is 13.0 Å². The first-order valence-corrected chi connectivity index (χ1v) is 12.4. The largest absolute Gasteiger partial charge is 0.379 e. The van der Waals surface area contributed by atoms with Gasteiger partial charge in [-0.25, -0.2) is 4.99 Å². The van der Waals surface area contributed by atoms with Gasteiger partial charge in [0.1, 0.15) is 0 Å². The van der Waals surface area contributed by atoms with Gasteiger partial charge in [-0.05, 0) is 43.9 Å². The predicted molar refractivity (Wildman–Crippen MR) is 144 cm³/mol. The molecule has 1 aliphatic carbocycles. The summed E-state index contributed by atoms with van der Waals surface area (Å²) in [6.07, 6.45) is 8.06. The third kappa shape index (κ3) is 6.82. The van der Waals surface area contributed by atoms with E-state index in [9.17, 15) is 4.79 Å². The van der Waals surface area contributed by atoms with Gasteiger partial charge in [0, 0.05) is 50.4 Å². The number of rotatable bonds is 7. The fraction of sp³-hybridized carbons (Fsp3) is 0.680. The lowest BCUT2D eigenvalue weighted by atomic mass is 9.80. The monoisotopic (exact) mass is 569 g/mol. The second kappa shape index (κ2) is 12.9. The van der Waals surface area contributed by atoms with Crippen molar-refractivity contribution in [1.29, 1.82) is 0 Å². The number of ether oxygens (including phenoxy) is 1. The molecule has 2 heterocycles. The summed E-state index contributed by atoms with van der Waals surface area (Å²) in [6, 6.07) is 8.27. The summed E-state index contributed by atoms with van der Waals surface area (Å²) in [5.74, 6) is 1.11. The lowest BCUT2D eigenvalue weighted by Crippen LogP contribution is -2.60. The predicted octanol–water partition coefficient (Wildman–Crippen LogP) is 3.52. The average molecular weight is 570 g/mol. The van der Waals surface area contributed by atoms with Crippen molar-refractivity contribution in [3.05, 3.63) is 29.8 Å². The molecule has 184 valence electrons. The fourth-order valence-electron chi connectivity index (χ4n) is 5.32. The van der Waals surface area contributed by atoms with E-state index >= 15 is 0 Å². The summed E-state index contributed by atoms with van der Waals surface area (Å²) in [5.41, 5.74) is 2.36. The average Bonchev–Trinajstić information content (AvgIpc) is 3.28. The molecular weight excluding hydrogens is 529 g/mol. The Kier molecular flexibility index (Phi) is 10.2. The molecule has 8 heteroatoms. The van der Waals surface area contributed by atoms with Gasteiger partial charge in [-0.2, -0.15) is 0 Å². The zero-order valence-corrected chi connectivity index (χ0v) is 22.3. The first-order valence-electron chi connectivity index (χ1n) is 12.4. The summed E-state index contributed by atoms with van der Waals surface area (Å²) in [4.78, 5) is 21.4. The number of anilines is 1. The lowest BCUT2D eigenvalue weighted by Gasteiger charge is -2.48. The Bertz CT molecular complexity index is 774. The first kappa shape index (κ1) is 26.2. The van der Waals surface area contributed by atoms with E-state index in [1.807, 2.05) is 17.0 Å². The molecule has 0 spiro atoms. The molecule has 1 aromatic carbocycles. The van der Waals surface area contributed by atoms with Crippen molar-refractivity contribution in [2.24, 2.45) is 4.99 Å². The van der Waals surface area contributed by atoms with Gasteiger partial charge in [-0.3, -0.25) is 9.69 Å². The van der Waals surface area contributed by atoms with Crippen LogP contribution in [0.3, 0.4) is 0 Å². The number of carbonyl (C=O) groups is 1. The molecule has 0 unspecified atom stereocenters. The number of hydrogen-bond donors (Lipinski definition) is 2. The second-order valence-electron chi connectivity index (χ2n) is 9.25. The van der Waals surface area contributed by atoms with E-state index in [1.165, 1.54) is 32.1 Å². The normalized spacial score (nSPS) is 21.5. The molecule has 33 heavy (non-hydrogen) atoms. The van der Waals surface area contributed by atoms with Crippen LogP contribution >= 0.6 is 24.0 Å². The number of hydrogen-bond acceptors (Lipinski definition) is 4. The quantitative estimate of drug-likeness (QED) is 0.299. The Balaban J connectivity index is 0.00000306. The van der Waals surface area contributed by atoms with E-state index in [2.05, 4.69) is 34.6 Å². The number of aliphatic imine (C=N–C) groups is 1. The van der Waals surface area contributed by atoms with Crippen LogP contribution in [0.2, 0.25) is 0 Å². The molecule has 0 radical (unpaired) electrons. The van der Waals surface area contributed by atoms with E-state index < -0.39 is 0 Å². The molecule has 0 aromatic heterocycles. The van der Waals surface area contributed by atoms with Crippen molar-refractivity contribution in [2.45, 2.75) is 64.0 Å². The third-order valence-electron chi connectivity index (χ3n) is 7.14. The number of amides is 1. The van der Waals surface area contributed by atoms with Crippen molar-refractivity contribution in [2.75, 3.05) is 50.8 Å². The molecular formula is C25H40IN5O2. The highest BCUT2D eigenvalue weighted by Crippen LogP contribution is 2.33. The van der Waals surface area contributed by atoms with E-state index in [1.54, 1.807) is 0 Å². The molecule has 4 rings (SSSR count). The Morgan fingerprint density at radius 3 is 2.39 bits per heavy atom. The minimum Gasteiger partial charge on any atom is -0.379 e. The number of halogens is 1. The van der Waals surface area contributed by atoms with Crippen LogP contribution in [0.1, 0.15) is 57.4 Å². The Labute approximate surface area is 215 Å². The Hall–Kier alpha value is -1.39. The van der Waals surface area contributed by atoms with Crippen LogP contribution in [-0.4, -0.2) is 68.2 Å². The first-order chi connectivity index (χ1) is 15.7. The summed E-state index contributed by atoms with van der Waals surface area (Å²) in [7, 11) is 0. The van der Waals surface area contributed by atoms with Crippen LogP contribution in [0.5, 0.6) is 0 Å². The molecule has 7 nitrogen and oxygen atoms in total. The summed E-state index contributed by atoms with van der Waals surface area (Å²) >= 11 is 0. The highest BCUT2D eigenvalue weighted by atomic mass is 127. The highest BCUT2D eigenvalue weighted by Gasteiger charge is 2.38. The van der Waals surface area contributed by atoms with Gasteiger partial charge < -0.3 is 20.3 Å². The number of guanidine groups is 1. The maximum absolute atomic E-state index is 12.0. The molecule has 2 N–H and O–H groups in total. The third-order valence-corrected chi connectivity index (χ3v) is 7.14. The molecule has 3 fully saturated rings. The number of nitrogens with one attached hydrogen (secondary N) is 2. The standard InChI is InChI=1S/C25H39N5O2.HI/c1-2-26-24(27-19-21-8-10-22(11-9-21)30-14-6-7-23(30)31)28-20-25(12-4-3-5-13-25)29-15-17-32-18-16-29;/h8-11H,2-7,12-20H2,1H3,(H2,26,27,28);1H. The minimum atomic E-state index is 0. The van der Waals surface area contributed by atoms with E-state index in [0.717, 1.165) is 69.6 Å². The zero-order chi connectivity index (χ0) is 22.2. The van der Waals surface area contributed by atoms with Crippen molar-refractivity contribution in [3.63, 3.8) is 0 Å². The van der Waals surface area contributed by atoms with Crippen molar-refractivity contribution in [1.82, 2.24) is 15.5 Å². The molecule has 2 saturated heterocycles. The van der Waals surface area contributed by atoms with Crippen LogP contribution in [0.25, 0.3) is 0 Å². The topological polar surface area (TPSA) is 69.2 Å². The maximum Gasteiger partial charge on any atom is 0.227 e. The molecule has 2 aliphatic heterocycles. The number of benzene rings is 1. The van der Waals surface area contributed by atoms with Gasteiger partial charge in [0.2, 0.25) is 5.91 Å². The van der Waals surface area contributed by atoms with Crippen LogP contribution in [-0.2, 0) is 16.1 Å². The van der Waals surface area contributed by atoms with Crippen molar-refractivity contribution in [3.8, 4) is 0 Å². The van der Waals surface area contributed by atoms with Crippen molar-refractivity contribution >= 4 is 41.5 Å². The fourth-order valence-corrected chi connectivity index (χ4v) is 5.32. The van der Waals surface area contributed by atoms with Crippen LogP contribution < -0.4 is 15.5 Å². The number of nitrogens with zero attached hydrogens (tertiary/aromatic N) is 3. The minimum absolute atomic E-state index is 0. The summed E-state index contributed by atoms with van der Waals surface area (Å²) in [5, 5.41) is 7.08. The smallest absolute Gasteiger partial charge is 0.227 e. The van der Waals surface area contributed by atoms with Crippen LogP contribution in [0, 0.1) is 0 Å². The Morgan fingerprint density at radius 2 is 1.76 bits per heavy atom. The lowest BCUT2D eigenvalue weighted by molar-refractivity contribution is -0.117. The molecule has 0 atom stereocenters. The van der Waals surface area contributed by atoms with E-state index in [-0.39, 0.29) is 35.4 Å². The maximum atomic E-state index is 12.0. The summed E-state index contributed by atoms with van der Waals surface area (Å²) in [6.45, 7) is 9.06. The zero-order valence-electron chi connectivity index (χ0n) is 20.0. The van der Waals surface area contributed by atoms with Gasteiger partial charge in [0.15, 0.2) is 5.96 Å². The van der Waals surface area contributed by atoms with Gasteiger partial charge >= 0.3 is 0 Å². The van der Waals surface area contributed by atoms with Crippen LogP contribution in [0.15, 0.2) is 29.3 Å². The van der Waals surface area contributed by atoms with Gasteiger partial charge in [-0.1, -0.05) is 31.4 Å². The Morgan fingerprint density at radius 1 is 1.03 bits per heavy atom. The highest BCUT2D eigenvalue weighted by molar-refractivity contribution is 14.0. The van der Waals surface area contributed by atoms with E-state index in [4.69, 9.17) is 9.73 Å². The van der Waals surface area contributed by atoms with Crippen molar-refractivity contribution < 1.29 is 9.53 Å². The molecule has 0 bridgehead atoms. The second-order valence-corrected chi connectivity index (χ2v) is 9.25.